The van der Waals surface area contributed by atoms with Crippen LogP contribution >= 0.6 is 0 Å². The van der Waals surface area contributed by atoms with Crippen LogP contribution in [0.2, 0.25) is 0 Å². The number of carbonyl (C=O) groups is 1. The lowest BCUT2D eigenvalue weighted by molar-refractivity contribution is 0.102. The fourth-order valence-electron chi connectivity index (χ4n) is 3.49. The first-order chi connectivity index (χ1) is 14.2. The first-order valence-corrected chi connectivity index (χ1v) is 9.49. The van der Waals surface area contributed by atoms with Crippen LogP contribution in [0.1, 0.15) is 21.5 Å². The minimum absolute atomic E-state index is 0.239. The number of nitrogens with zero attached hydrogens (tertiary/aromatic N) is 2. The molecule has 0 aliphatic carbocycles. The van der Waals surface area contributed by atoms with Gasteiger partial charge in [0, 0.05) is 25.4 Å². The first-order valence-electron chi connectivity index (χ1n) is 9.49. The second-order valence-corrected chi connectivity index (χ2v) is 6.87. The average molecular weight is 389 g/mol. The van der Waals surface area contributed by atoms with Gasteiger partial charge >= 0.3 is 0 Å². The fraction of sp³-hybridized carbons (Fsp3) is 0.217. The zero-order valence-corrected chi connectivity index (χ0v) is 16.5. The van der Waals surface area contributed by atoms with Gasteiger partial charge in [-0.15, -0.1) is 0 Å². The number of anilines is 2. The molecule has 148 valence electrons. The maximum atomic E-state index is 12.6. The van der Waals surface area contributed by atoms with E-state index in [1.54, 1.807) is 44.7 Å². The molecule has 2 aromatic carbocycles. The van der Waals surface area contributed by atoms with Gasteiger partial charge in [-0.05, 0) is 41.8 Å². The zero-order chi connectivity index (χ0) is 20.2. The molecule has 29 heavy (non-hydrogen) atoms. The molecule has 0 atom stereocenters. The first kappa shape index (κ1) is 18.8. The predicted molar refractivity (Wildman–Crippen MR) is 113 cm³/mol. The van der Waals surface area contributed by atoms with Crippen LogP contribution in [0.15, 0.2) is 60.8 Å². The second kappa shape index (κ2) is 8.22. The fourth-order valence-corrected chi connectivity index (χ4v) is 3.49. The van der Waals surface area contributed by atoms with E-state index < -0.39 is 0 Å². The molecule has 0 saturated carbocycles. The Morgan fingerprint density at radius 3 is 2.59 bits per heavy atom. The summed E-state index contributed by atoms with van der Waals surface area (Å²) < 4.78 is 10.5. The SMILES string of the molecule is COc1ccc(NC(=O)c2ccc(N3CCc4ccccc4C3)nc2)c(OC)c1. The van der Waals surface area contributed by atoms with Gasteiger partial charge in [0.25, 0.3) is 5.91 Å². The largest absolute Gasteiger partial charge is 0.497 e. The standard InChI is InChI=1S/C23H23N3O3/c1-28-19-8-9-20(21(13-19)29-2)25-23(27)17-7-10-22(24-14-17)26-12-11-16-5-3-4-6-18(16)15-26/h3-10,13-14H,11-12,15H2,1-2H3,(H,25,27). The molecule has 0 spiro atoms. The number of benzene rings is 2. The normalized spacial score (nSPS) is 12.8. The van der Waals surface area contributed by atoms with Gasteiger partial charge in [0.2, 0.25) is 0 Å². The van der Waals surface area contributed by atoms with Crippen LogP contribution in [0.3, 0.4) is 0 Å². The van der Waals surface area contributed by atoms with Crippen LogP contribution in [0.4, 0.5) is 11.5 Å². The number of aromatic nitrogens is 1. The predicted octanol–water partition coefficient (Wildman–Crippen LogP) is 3.91. The molecular formula is C23H23N3O3. The van der Waals surface area contributed by atoms with E-state index in [1.165, 1.54) is 11.1 Å². The third-order valence-corrected chi connectivity index (χ3v) is 5.12. The summed E-state index contributed by atoms with van der Waals surface area (Å²) in [4.78, 5) is 19.4. The number of amides is 1. The molecule has 1 aliphatic heterocycles. The number of methoxy groups -OCH3 is 2. The molecule has 1 aliphatic rings. The summed E-state index contributed by atoms with van der Waals surface area (Å²) in [6.45, 7) is 1.75. The van der Waals surface area contributed by atoms with Crippen molar-refractivity contribution in [3.8, 4) is 11.5 Å². The quantitative estimate of drug-likeness (QED) is 0.717. The van der Waals surface area contributed by atoms with Gasteiger partial charge in [0.05, 0.1) is 25.5 Å². The smallest absolute Gasteiger partial charge is 0.257 e. The summed E-state index contributed by atoms with van der Waals surface area (Å²) in [5.74, 6) is 1.83. The Hall–Kier alpha value is -3.54. The monoisotopic (exact) mass is 389 g/mol. The van der Waals surface area contributed by atoms with E-state index in [0.717, 1.165) is 25.3 Å². The molecule has 4 rings (SSSR count). The summed E-state index contributed by atoms with van der Waals surface area (Å²) in [5.41, 5.74) is 3.79. The maximum absolute atomic E-state index is 12.6. The lowest BCUT2D eigenvalue weighted by Gasteiger charge is -2.29. The molecule has 1 N–H and O–H groups in total. The Morgan fingerprint density at radius 2 is 1.86 bits per heavy atom. The van der Waals surface area contributed by atoms with Crippen molar-refractivity contribution in [3.05, 3.63) is 77.5 Å². The Balaban J connectivity index is 1.46. The van der Waals surface area contributed by atoms with E-state index >= 15 is 0 Å². The van der Waals surface area contributed by atoms with Crippen LogP contribution in [0.25, 0.3) is 0 Å². The molecule has 0 fully saturated rings. The molecule has 0 radical (unpaired) electrons. The molecule has 1 amide bonds. The molecule has 6 nitrogen and oxygen atoms in total. The van der Waals surface area contributed by atoms with Crippen LogP contribution in [-0.2, 0) is 13.0 Å². The summed E-state index contributed by atoms with van der Waals surface area (Å²) >= 11 is 0. The van der Waals surface area contributed by atoms with Crippen molar-refractivity contribution in [1.29, 1.82) is 0 Å². The van der Waals surface area contributed by atoms with Crippen molar-refractivity contribution in [2.24, 2.45) is 0 Å². The van der Waals surface area contributed by atoms with E-state index in [0.29, 0.717) is 22.7 Å². The zero-order valence-electron chi connectivity index (χ0n) is 16.5. The molecule has 6 heteroatoms. The van der Waals surface area contributed by atoms with Crippen molar-refractivity contribution in [3.63, 3.8) is 0 Å². The second-order valence-electron chi connectivity index (χ2n) is 6.87. The number of pyridine rings is 1. The minimum atomic E-state index is -0.239. The summed E-state index contributed by atoms with van der Waals surface area (Å²) in [6.07, 6.45) is 2.61. The van der Waals surface area contributed by atoms with Crippen LogP contribution in [0.5, 0.6) is 11.5 Å². The third kappa shape index (κ3) is 4.01. The van der Waals surface area contributed by atoms with E-state index in [1.807, 2.05) is 6.07 Å². The highest BCUT2D eigenvalue weighted by Crippen LogP contribution is 2.29. The Labute approximate surface area is 170 Å². The number of ether oxygens (including phenoxy) is 2. The van der Waals surface area contributed by atoms with Gasteiger partial charge in [-0.3, -0.25) is 4.79 Å². The summed E-state index contributed by atoms with van der Waals surface area (Å²) in [7, 11) is 3.14. The van der Waals surface area contributed by atoms with Crippen molar-refractivity contribution >= 4 is 17.4 Å². The molecule has 0 saturated heterocycles. The van der Waals surface area contributed by atoms with Crippen molar-refractivity contribution in [2.75, 3.05) is 31.0 Å². The van der Waals surface area contributed by atoms with Gasteiger partial charge in [-0.1, -0.05) is 24.3 Å². The number of hydrogen-bond donors (Lipinski definition) is 1. The Morgan fingerprint density at radius 1 is 1.03 bits per heavy atom. The highest BCUT2D eigenvalue weighted by atomic mass is 16.5. The van der Waals surface area contributed by atoms with E-state index in [-0.39, 0.29) is 5.91 Å². The highest BCUT2D eigenvalue weighted by Gasteiger charge is 2.18. The topological polar surface area (TPSA) is 63.7 Å². The number of rotatable bonds is 5. The molecule has 1 aromatic heterocycles. The summed E-state index contributed by atoms with van der Waals surface area (Å²) in [6, 6.07) is 17.4. The lowest BCUT2D eigenvalue weighted by Crippen LogP contribution is -2.31. The molecule has 0 bridgehead atoms. The molecular weight excluding hydrogens is 366 g/mol. The van der Waals surface area contributed by atoms with E-state index in [4.69, 9.17) is 9.47 Å². The van der Waals surface area contributed by atoms with Gasteiger partial charge < -0.3 is 19.7 Å². The Bertz CT molecular complexity index is 1020. The van der Waals surface area contributed by atoms with Crippen molar-refractivity contribution < 1.29 is 14.3 Å². The third-order valence-electron chi connectivity index (χ3n) is 5.12. The van der Waals surface area contributed by atoms with Crippen molar-refractivity contribution in [1.82, 2.24) is 4.98 Å². The Kier molecular flexibility index (Phi) is 5.33. The minimum Gasteiger partial charge on any atom is -0.497 e. The van der Waals surface area contributed by atoms with Crippen LogP contribution < -0.4 is 19.7 Å². The summed E-state index contributed by atoms with van der Waals surface area (Å²) in [5, 5.41) is 2.87. The number of hydrogen-bond acceptors (Lipinski definition) is 5. The number of carbonyl (C=O) groups excluding carboxylic acids is 1. The van der Waals surface area contributed by atoms with Crippen molar-refractivity contribution in [2.45, 2.75) is 13.0 Å². The van der Waals surface area contributed by atoms with Gasteiger partial charge in [0.1, 0.15) is 17.3 Å². The molecule has 0 unspecified atom stereocenters. The van der Waals surface area contributed by atoms with E-state index in [9.17, 15) is 4.79 Å². The van der Waals surface area contributed by atoms with E-state index in [2.05, 4.69) is 39.5 Å². The lowest BCUT2D eigenvalue weighted by atomic mass is 10.00. The molecule has 3 aromatic rings. The highest BCUT2D eigenvalue weighted by molar-refractivity contribution is 6.05. The average Bonchev–Trinajstić information content (AvgIpc) is 2.79. The van der Waals surface area contributed by atoms with Crippen LogP contribution in [0, 0.1) is 0 Å². The number of nitrogens with one attached hydrogen (secondary N) is 1. The van der Waals surface area contributed by atoms with Gasteiger partial charge in [-0.2, -0.15) is 0 Å². The van der Waals surface area contributed by atoms with Crippen LogP contribution in [-0.4, -0.2) is 31.7 Å². The van der Waals surface area contributed by atoms with Gasteiger partial charge in [-0.25, -0.2) is 4.98 Å². The molecule has 2 heterocycles. The number of fused-ring (bicyclic) bond motifs is 1. The van der Waals surface area contributed by atoms with Gasteiger partial charge in [0.15, 0.2) is 0 Å². The maximum Gasteiger partial charge on any atom is 0.257 e.